The number of aryl methyl sites for hydroxylation is 1. The number of hydrogen-bond acceptors (Lipinski definition) is 5. The van der Waals surface area contributed by atoms with Gasteiger partial charge < -0.3 is 15.4 Å². The largest absolute Gasteiger partial charge is 0.497 e. The van der Waals surface area contributed by atoms with E-state index in [2.05, 4.69) is 10.6 Å². The van der Waals surface area contributed by atoms with Crippen LogP contribution in [0.2, 0.25) is 0 Å². The second kappa shape index (κ2) is 10.3. The second-order valence-electron chi connectivity index (χ2n) is 7.11. The quantitative estimate of drug-likeness (QED) is 0.286. The number of benzene rings is 3. The topological polar surface area (TPSA) is 105 Å². The van der Waals surface area contributed by atoms with Gasteiger partial charge in [-0.25, -0.2) is 10.6 Å². The minimum absolute atomic E-state index is 0.0355. The third-order valence-corrected chi connectivity index (χ3v) is 4.91. The molecule has 2 amide bonds. The zero-order valence-corrected chi connectivity index (χ0v) is 17.5. The number of methoxy groups -OCH3 is 1. The molecule has 4 rings (SSSR count). The summed E-state index contributed by atoms with van der Waals surface area (Å²) in [7, 11) is 1.65. The summed E-state index contributed by atoms with van der Waals surface area (Å²) in [6, 6.07) is 22.5. The van der Waals surface area contributed by atoms with Gasteiger partial charge in [0.25, 0.3) is 0 Å². The van der Waals surface area contributed by atoms with Gasteiger partial charge in [-0.15, -0.1) is 0 Å². The van der Waals surface area contributed by atoms with E-state index in [4.69, 9.17) is 10.6 Å². The maximum Gasteiger partial charge on any atom is 0.333 e. The Morgan fingerprint density at radius 3 is 2.35 bits per heavy atom. The SMILES string of the molecule is COc1ccc(C2CC(=O)c3ccccc3N2)cc1.Cc1ccc(NC(=O)NN)cc1. The van der Waals surface area contributed by atoms with Gasteiger partial charge in [-0.1, -0.05) is 42.0 Å². The number of rotatable bonds is 3. The molecule has 7 nitrogen and oxygen atoms in total. The molecule has 0 aromatic heterocycles. The average molecular weight is 418 g/mol. The number of para-hydroxylation sites is 1. The van der Waals surface area contributed by atoms with Crippen LogP contribution in [0, 0.1) is 6.92 Å². The summed E-state index contributed by atoms with van der Waals surface area (Å²) in [6.45, 7) is 1.98. The summed E-state index contributed by atoms with van der Waals surface area (Å²) in [5, 5.41) is 5.96. The van der Waals surface area contributed by atoms with Crippen molar-refractivity contribution in [3.05, 3.63) is 89.5 Å². The molecule has 0 saturated carbocycles. The molecule has 1 unspecified atom stereocenters. The molecule has 0 bridgehead atoms. The molecule has 0 saturated heterocycles. The van der Waals surface area contributed by atoms with E-state index >= 15 is 0 Å². The number of carbonyl (C=O) groups is 2. The fraction of sp³-hybridized carbons (Fsp3) is 0.167. The number of amides is 2. The molecule has 0 aliphatic carbocycles. The molecule has 7 heteroatoms. The maximum atomic E-state index is 12.1. The van der Waals surface area contributed by atoms with Crippen LogP contribution in [0.4, 0.5) is 16.2 Å². The molecule has 1 atom stereocenters. The number of Topliss-reactive ketones (excluding diaryl/α,β-unsaturated/α-hetero) is 1. The van der Waals surface area contributed by atoms with Gasteiger partial charge in [0.1, 0.15) is 5.75 Å². The Kier molecular flexibility index (Phi) is 7.24. The molecule has 3 aromatic rings. The van der Waals surface area contributed by atoms with E-state index in [0.717, 1.165) is 33.8 Å². The van der Waals surface area contributed by atoms with Crippen molar-refractivity contribution < 1.29 is 14.3 Å². The van der Waals surface area contributed by atoms with Crippen LogP contribution in [0.15, 0.2) is 72.8 Å². The van der Waals surface area contributed by atoms with Crippen molar-refractivity contribution in [3.63, 3.8) is 0 Å². The van der Waals surface area contributed by atoms with Crippen LogP contribution in [0.5, 0.6) is 5.75 Å². The van der Waals surface area contributed by atoms with E-state index in [1.54, 1.807) is 7.11 Å². The zero-order valence-electron chi connectivity index (χ0n) is 17.5. The lowest BCUT2D eigenvalue weighted by Crippen LogP contribution is -2.34. The van der Waals surface area contributed by atoms with Crippen molar-refractivity contribution in [2.75, 3.05) is 17.7 Å². The van der Waals surface area contributed by atoms with Gasteiger partial charge in [-0.2, -0.15) is 0 Å². The van der Waals surface area contributed by atoms with Crippen LogP contribution in [-0.4, -0.2) is 18.9 Å². The van der Waals surface area contributed by atoms with Gasteiger partial charge in [0.05, 0.1) is 13.2 Å². The van der Waals surface area contributed by atoms with Crippen LogP contribution in [0.3, 0.4) is 0 Å². The Morgan fingerprint density at radius 2 is 1.71 bits per heavy atom. The molecule has 1 aliphatic heterocycles. The molecule has 1 heterocycles. The fourth-order valence-corrected chi connectivity index (χ4v) is 3.23. The van der Waals surface area contributed by atoms with Gasteiger partial charge >= 0.3 is 6.03 Å². The van der Waals surface area contributed by atoms with Crippen LogP contribution >= 0.6 is 0 Å². The number of hydrogen-bond donors (Lipinski definition) is 4. The van der Waals surface area contributed by atoms with Gasteiger partial charge in [0.15, 0.2) is 5.78 Å². The molecule has 31 heavy (non-hydrogen) atoms. The number of nitrogens with one attached hydrogen (secondary N) is 3. The first kappa shape index (κ1) is 21.9. The summed E-state index contributed by atoms with van der Waals surface area (Å²) in [4.78, 5) is 22.8. The third-order valence-electron chi connectivity index (χ3n) is 4.91. The van der Waals surface area contributed by atoms with Crippen LogP contribution in [-0.2, 0) is 0 Å². The van der Waals surface area contributed by atoms with Crippen molar-refractivity contribution in [1.29, 1.82) is 0 Å². The van der Waals surface area contributed by atoms with E-state index in [-0.39, 0.29) is 11.8 Å². The van der Waals surface area contributed by atoms with Gasteiger partial charge in [-0.05, 0) is 48.9 Å². The van der Waals surface area contributed by atoms with Gasteiger partial charge in [0, 0.05) is 23.4 Å². The molecule has 0 radical (unpaired) electrons. The summed E-state index contributed by atoms with van der Waals surface area (Å²) in [5.74, 6) is 5.90. The molecule has 1 aliphatic rings. The molecule has 5 N–H and O–H groups in total. The highest BCUT2D eigenvalue weighted by Gasteiger charge is 2.24. The Morgan fingerprint density at radius 1 is 1.03 bits per heavy atom. The summed E-state index contributed by atoms with van der Waals surface area (Å²) >= 11 is 0. The van der Waals surface area contributed by atoms with Crippen molar-refractivity contribution in [2.45, 2.75) is 19.4 Å². The van der Waals surface area contributed by atoms with Crippen molar-refractivity contribution in [3.8, 4) is 5.75 Å². The zero-order chi connectivity index (χ0) is 22.2. The monoisotopic (exact) mass is 418 g/mol. The Hall–Kier alpha value is -3.84. The van der Waals surface area contributed by atoms with Gasteiger partial charge in [-0.3, -0.25) is 10.2 Å². The van der Waals surface area contributed by atoms with E-state index in [9.17, 15) is 9.59 Å². The molecule has 160 valence electrons. The predicted molar refractivity (Wildman–Crippen MR) is 122 cm³/mol. The molecule has 0 fully saturated rings. The first-order valence-electron chi connectivity index (χ1n) is 9.87. The van der Waals surface area contributed by atoms with Crippen molar-refractivity contribution in [1.82, 2.24) is 5.43 Å². The number of anilines is 2. The van der Waals surface area contributed by atoms with E-state index in [1.807, 2.05) is 85.1 Å². The third kappa shape index (κ3) is 5.83. The smallest absolute Gasteiger partial charge is 0.333 e. The highest BCUT2D eigenvalue weighted by atomic mass is 16.5. The van der Waals surface area contributed by atoms with E-state index in [0.29, 0.717) is 6.42 Å². The number of fused-ring (bicyclic) bond motifs is 1. The molecular formula is C24H26N4O3. The van der Waals surface area contributed by atoms with Crippen LogP contribution in [0.25, 0.3) is 0 Å². The number of urea groups is 1. The average Bonchev–Trinajstić information content (AvgIpc) is 2.81. The lowest BCUT2D eigenvalue weighted by atomic mass is 9.92. The molecule has 3 aromatic carbocycles. The van der Waals surface area contributed by atoms with Crippen LogP contribution < -0.4 is 26.6 Å². The Labute approximate surface area is 181 Å². The number of ether oxygens (including phenoxy) is 1. The van der Waals surface area contributed by atoms with E-state index < -0.39 is 6.03 Å². The Balaban J connectivity index is 0.000000196. The number of nitrogens with two attached hydrogens (primary N) is 1. The second-order valence-corrected chi connectivity index (χ2v) is 7.11. The van der Waals surface area contributed by atoms with Gasteiger partial charge in [0.2, 0.25) is 0 Å². The highest BCUT2D eigenvalue weighted by Crippen LogP contribution is 2.32. The first-order chi connectivity index (χ1) is 15.0. The minimum atomic E-state index is -0.418. The normalized spacial score (nSPS) is 14.3. The van der Waals surface area contributed by atoms with Crippen LogP contribution in [0.1, 0.15) is 33.9 Å². The summed E-state index contributed by atoms with van der Waals surface area (Å²) in [6.07, 6.45) is 0.489. The fourth-order valence-electron chi connectivity index (χ4n) is 3.23. The number of ketones is 1. The summed E-state index contributed by atoms with van der Waals surface area (Å²) < 4.78 is 5.15. The first-order valence-corrected chi connectivity index (χ1v) is 9.87. The van der Waals surface area contributed by atoms with Crippen molar-refractivity contribution in [2.24, 2.45) is 5.84 Å². The molecular weight excluding hydrogens is 392 g/mol. The lowest BCUT2D eigenvalue weighted by Gasteiger charge is -2.26. The maximum absolute atomic E-state index is 12.1. The number of carbonyl (C=O) groups excluding carboxylic acids is 2. The standard InChI is InChI=1S/C16H15NO2.C8H11N3O/c1-19-12-8-6-11(7-9-12)15-10-16(18)13-4-2-3-5-14(13)17-15;1-6-2-4-7(5-3-6)10-8(12)11-9/h2-9,15,17H,10H2,1H3;2-5H,9H2,1H3,(H2,10,11,12). The van der Waals surface area contributed by atoms with Crippen molar-refractivity contribution >= 4 is 23.2 Å². The predicted octanol–water partition coefficient (Wildman–Crippen LogP) is 4.43. The lowest BCUT2D eigenvalue weighted by molar-refractivity contribution is 0.0972. The number of hydrazine groups is 1. The molecule has 0 spiro atoms. The minimum Gasteiger partial charge on any atom is -0.497 e. The summed E-state index contributed by atoms with van der Waals surface area (Å²) in [5.41, 5.74) is 6.65. The Bertz CT molecular complexity index is 1030. The van der Waals surface area contributed by atoms with E-state index in [1.165, 1.54) is 0 Å². The highest BCUT2D eigenvalue weighted by molar-refractivity contribution is 6.03.